The molecule has 0 aliphatic heterocycles. The number of allylic oxidation sites excluding steroid dienone is 1. The maximum absolute atomic E-state index is 14.0. The molecular weight excluding hydrogens is 489 g/mol. The van der Waals surface area contributed by atoms with Gasteiger partial charge in [-0.15, -0.1) is 0 Å². The summed E-state index contributed by atoms with van der Waals surface area (Å²) in [6.07, 6.45) is 4.56. The highest BCUT2D eigenvalue weighted by atomic mass is 79.9. The first-order valence-corrected chi connectivity index (χ1v) is 10.7. The van der Waals surface area contributed by atoms with Crippen LogP contribution in [0, 0.1) is 5.82 Å². The highest BCUT2D eigenvalue weighted by Crippen LogP contribution is 2.23. The van der Waals surface area contributed by atoms with Gasteiger partial charge in [-0.05, 0) is 33.6 Å². The highest BCUT2D eigenvalue weighted by molar-refractivity contribution is 9.10. The van der Waals surface area contributed by atoms with E-state index in [0.29, 0.717) is 33.9 Å². The molecule has 9 heteroatoms. The van der Waals surface area contributed by atoms with Crippen LogP contribution in [0.15, 0.2) is 93.2 Å². The Bertz CT molecular complexity index is 1280. The van der Waals surface area contributed by atoms with E-state index < -0.39 is 0 Å². The lowest BCUT2D eigenvalue weighted by molar-refractivity contribution is 0.290. The van der Waals surface area contributed by atoms with Gasteiger partial charge in [0.25, 0.3) is 0 Å². The minimum atomic E-state index is -0.339. The Morgan fingerprint density at radius 3 is 2.67 bits per heavy atom. The molecule has 0 saturated carbocycles. The van der Waals surface area contributed by atoms with E-state index in [4.69, 9.17) is 15.0 Å². The quantitative estimate of drug-likeness (QED) is 0.339. The van der Waals surface area contributed by atoms with E-state index in [0.717, 1.165) is 5.56 Å². The topological polar surface area (TPSA) is 99.4 Å². The fourth-order valence-corrected chi connectivity index (χ4v) is 3.18. The fourth-order valence-electron chi connectivity index (χ4n) is 2.87. The molecule has 2 heterocycles. The molecule has 0 fully saturated rings. The Labute approximate surface area is 198 Å². The first kappa shape index (κ1) is 22.3. The molecule has 0 atom stereocenters. The molecule has 0 amide bonds. The molecule has 0 spiro atoms. The van der Waals surface area contributed by atoms with E-state index in [1.54, 1.807) is 36.5 Å². The molecule has 33 heavy (non-hydrogen) atoms. The van der Waals surface area contributed by atoms with Crippen LogP contribution >= 0.6 is 15.9 Å². The summed E-state index contributed by atoms with van der Waals surface area (Å²) in [6, 6.07) is 17.8. The van der Waals surface area contributed by atoms with Crippen molar-refractivity contribution in [2.75, 3.05) is 0 Å². The summed E-state index contributed by atoms with van der Waals surface area (Å²) in [6.45, 7) is 0.444. The summed E-state index contributed by atoms with van der Waals surface area (Å²) in [7, 11) is 0. The molecule has 4 aromatic rings. The zero-order valence-corrected chi connectivity index (χ0v) is 18.9. The summed E-state index contributed by atoms with van der Waals surface area (Å²) in [5.74, 6) is 0.268. The Hall–Kier alpha value is -3.85. The van der Waals surface area contributed by atoms with Crippen LogP contribution in [-0.4, -0.2) is 20.8 Å². The molecule has 0 aliphatic carbocycles. The number of ether oxygens (including phenoxy) is 1. The number of benzene rings is 2. The van der Waals surface area contributed by atoms with Crippen molar-refractivity contribution in [3.8, 4) is 5.88 Å². The van der Waals surface area contributed by atoms with Gasteiger partial charge in [0.05, 0.1) is 22.4 Å². The van der Waals surface area contributed by atoms with Gasteiger partial charge in [-0.2, -0.15) is 4.98 Å². The van der Waals surface area contributed by atoms with Gasteiger partial charge in [0.15, 0.2) is 5.82 Å². The highest BCUT2D eigenvalue weighted by Gasteiger charge is 2.12. The lowest BCUT2D eigenvalue weighted by Crippen LogP contribution is -2.09. The predicted octanol–water partition coefficient (Wildman–Crippen LogP) is 4.93. The third kappa shape index (κ3) is 5.89. The standard InChI is InChI=1S/C24H19BrFN5O2/c25-18-14-29-23(30-24(18)32-15-16-6-2-1-3-7-16)20(27)12-22(21-10-11-33-31-21)28-13-17-8-4-5-9-19(17)26/h1-12,14H,13,15,27H2/b20-12-,28-22?. The van der Waals surface area contributed by atoms with E-state index in [9.17, 15) is 4.39 Å². The molecule has 0 unspecified atom stereocenters. The van der Waals surface area contributed by atoms with Crippen LogP contribution in [0.25, 0.3) is 5.70 Å². The van der Waals surface area contributed by atoms with Gasteiger partial charge in [-0.1, -0.05) is 53.7 Å². The van der Waals surface area contributed by atoms with Crippen molar-refractivity contribution in [1.29, 1.82) is 0 Å². The van der Waals surface area contributed by atoms with E-state index in [1.807, 2.05) is 30.3 Å². The summed E-state index contributed by atoms with van der Waals surface area (Å²) in [4.78, 5) is 13.2. The van der Waals surface area contributed by atoms with Crippen molar-refractivity contribution in [2.45, 2.75) is 13.2 Å². The Morgan fingerprint density at radius 1 is 1.12 bits per heavy atom. The summed E-state index contributed by atoms with van der Waals surface area (Å²) in [5, 5.41) is 3.92. The van der Waals surface area contributed by atoms with Gasteiger partial charge in [0.1, 0.15) is 24.4 Å². The van der Waals surface area contributed by atoms with Crippen molar-refractivity contribution in [3.05, 3.63) is 112 Å². The van der Waals surface area contributed by atoms with Crippen LogP contribution in [0.3, 0.4) is 0 Å². The number of nitrogens with zero attached hydrogens (tertiary/aromatic N) is 4. The van der Waals surface area contributed by atoms with Crippen molar-refractivity contribution in [3.63, 3.8) is 0 Å². The molecule has 0 saturated heterocycles. The third-order valence-corrected chi connectivity index (χ3v) is 5.10. The number of aromatic nitrogens is 3. The average Bonchev–Trinajstić information content (AvgIpc) is 3.37. The molecular formula is C24H19BrFN5O2. The van der Waals surface area contributed by atoms with Crippen LogP contribution in [0.5, 0.6) is 5.88 Å². The molecule has 7 nitrogen and oxygen atoms in total. The molecule has 2 aromatic heterocycles. The monoisotopic (exact) mass is 507 g/mol. The van der Waals surface area contributed by atoms with Crippen LogP contribution in [0.1, 0.15) is 22.6 Å². The van der Waals surface area contributed by atoms with Crippen LogP contribution in [0.2, 0.25) is 0 Å². The van der Waals surface area contributed by atoms with Crippen molar-refractivity contribution in [1.82, 2.24) is 15.1 Å². The first-order chi connectivity index (χ1) is 16.1. The van der Waals surface area contributed by atoms with Gasteiger partial charge in [0, 0.05) is 17.8 Å². The molecule has 4 rings (SSSR count). The molecule has 0 bridgehead atoms. The van der Waals surface area contributed by atoms with E-state index in [1.165, 1.54) is 12.3 Å². The maximum Gasteiger partial charge on any atom is 0.232 e. The minimum Gasteiger partial charge on any atom is -0.472 e. The van der Waals surface area contributed by atoms with Gasteiger partial charge < -0.3 is 15.0 Å². The second-order valence-corrected chi connectivity index (χ2v) is 7.75. The molecule has 2 N–H and O–H groups in total. The van der Waals surface area contributed by atoms with Crippen LogP contribution in [0.4, 0.5) is 4.39 Å². The lowest BCUT2D eigenvalue weighted by Gasteiger charge is -2.09. The zero-order valence-electron chi connectivity index (χ0n) is 17.4. The summed E-state index contributed by atoms with van der Waals surface area (Å²) in [5.41, 5.74) is 8.82. The van der Waals surface area contributed by atoms with E-state index in [-0.39, 0.29) is 23.9 Å². The number of hydrogen-bond donors (Lipinski definition) is 1. The van der Waals surface area contributed by atoms with Crippen molar-refractivity contribution < 1.29 is 13.7 Å². The Kier molecular flexibility index (Phi) is 7.21. The van der Waals surface area contributed by atoms with Crippen LogP contribution in [-0.2, 0) is 13.2 Å². The average molecular weight is 508 g/mol. The van der Waals surface area contributed by atoms with Crippen molar-refractivity contribution >= 4 is 27.3 Å². The first-order valence-electron chi connectivity index (χ1n) is 9.95. The molecule has 166 valence electrons. The zero-order chi connectivity index (χ0) is 23.0. The van der Waals surface area contributed by atoms with Gasteiger partial charge in [-0.3, -0.25) is 4.99 Å². The van der Waals surface area contributed by atoms with Crippen LogP contribution < -0.4 is 10.5 Å². The van der Waals surface area contributed by atoms with E-state index >= 15 is 0 Å². The normalized spacial score (nSPS) is 12.1. The number of nitrogens with two attached hydrogens (primary N) is 1. The summed E-state index contributed by atoms with van der Waals surface area (Å²) < 4.78 is 25.4. The second-order valence-electron chi connectivity index (χ2n) is 6.90. The summed E-state index contributed by atoms with van der Waals surface area (Å²) >= 11 is 3.40. The fraction of sp³-hybridized carbons (Fsp3) is 0.0833. The number of halogens is 2. The second kappa shape index (κ2) is 10.6. The maximum atomic E-state index is 14.0. The Balaban J connectivity index is 1.59. The molecule has 0 aliphatic rings. The third-order valence-electron chi connectivity index (χ3n) is 4.56. The van der Waals surface area contributed by atoms with Crippen molar-refractivity contribution in [2.24, 2.45) is 10.7 Å². The molecule has 0 radical (unpaired) electrons. The smallest absolute Gasteiger partial charge is 0.232 e. The largest absolute Gasteiger partial charge is 0.472 e. The van der Waals surface area contributed by atoms with Gasteiger partial charge in [0.2, 0.25) is 5.88 Å². The lowest BCUT2D eigenvalue weighted by atomic mass is 10.2. The molecule has 2 aromatic carbocycles. The van der Waals surface area contributed by atoms with Gasteiger partial charge >= 0.3 is 0 Å². The predicted molar refractivity (Wildman–Crippen MR) is 126 cm³/mol. The minimum absolute atomic E-state index is 0.102. The number of hydrogen-bond acceptors (Lipinski definition) is 7. The Morgan fingerprint density at radius 2 is 1.91 bits per heavy atom. The van der Waals surface area contributed by atoms with Gasteiger partial charge in [-0.25, -0.2) is 9.37 Å². The van der Waals surface area contributed by atoms with E-state index in [2.05, 4.69) is 36.0 Å². The number of aliphatic imine (C=N–C) groups is 1. The SMILES string of the molecule is N/C(=C\C(=NCc1ccccc1F)c1ccon1)c1ncc(Br)c(OCc2ccccc2)n1. The number of rotatable bonds is 8.